The lowest BCUT2D eigenvalue weighted by Crippen LogP contribution is -2.38. The molecule has 106 valence electrons. The van der Waals surface area contributed by atoms with Gasteiger partial charge in [-0.2, -0.15) is 0 Å². The monoisotopic (exact) mass is 254 g/mol. The summed E-state index contributed by atoms with van der Waals surface area (Å²) in [5.74, 6) is 1.48. The average Bonchev–Trinajstić information content (AvgIpc) is 2.38. The second-order valence-corrected chi connectivity index (χ2v) is 5.98. The highest BCUT2D eigenvalue weighted by atomic mass is 16.1. The van der Waals surface area contributed by atoms with Gasteiger partial charge in [-0.25, -0.2) is 0 Å². The van der Waals surface area contributed by atoms with Crippen molar-refractivity contribution in [3.63, 3.8) is 0 Å². The zero-order valence-electron chi connectivity index (χ0n) is 12.1. The molecule has 2 atom stereocenters. The third-order valence-electron chi connectivity index (χ3n) is 4.27. The maximum atomic E-state index is 11.9. The Labute approximate surface area is 112 Å². The van der Waals surface area contributed by atoms with E-state index in [4.69, 9.17) is 5.73 Å². The molecule has 1 rings (SSSR count). The molecule has 0 saturated heterocycles. The van der Waals surface area contributed by atoms with Gasteiger partial charge < -0.3 is 11.1 Å². The van der Waals surface area contributed by atoms with Gasteiger partial charge in [-0.1, -0.05) is 26.2 Å². The number of hydrogen-bond donors (Lipinski definition) is 2. The zero-order chi connectivity index (χ0) is 13.4. The molecule has 1 aliphatic carbocycles. The summed E-state index contributed by atoms with van der Waals surface area (Å²) < 4.78 is 0. The Balaban J connectivity index is 2.18. The molecule has 1 fully saturated rings. The van der Waals surface area contributed by atoms with Gasteiger partial charge in [0.05, 0.1) is 0 Å². The van der Waals surface area contributed by atoms with Gasteiger partial charge in [-0.15, -0.1) is 0 Å². The largest absolute Gasteiger partial charge is 0.353 e. The van der Waals surface area contributed by atoms with Gasteiger partial charge in [0.15, 0.2) is 0 Å². The van der Waals surface area contributed by atoms with Gasteiger partial charge in [0.1, 0.15) is 0 Å². The number of nitrogens with one attached hydrogen (secondary N) is 1. The first kappa shape index (κ1) is 15.5. The summed E-state index contributed by atoms with van der Waals surface area (Å²) in [6.45, 7) is 5.06. The van der Waals surface area contributed by atoms with E-state index < -0.39 is 0 Å². The summed E-state index contributed by atoms with van der Waals surface area (Å²) in [7, 11) is 0. The molecule has 3 N–H and O–H groups in total. The van der Waals surface area contributed by atoms with Crippen molar-refractivity contribution in [3.05, 3.63) is 0 Å². The van der Waals surface area contributed by atoms with Crippen LogP contribution in [0.5, 0.6) is 0 Å². The highest BCUT2D eigenvalue weighted by molar-refractivity contribution is 5.76. The summed E-state index contributed by atoms with van der Waals surface area (Å²) >= 11 is 0. The molecule has 1 aliphatic rings. The summed E-state index contributed by atoms with van der Waals surface area (Å²) in [5, 5.41) is 3.18. The first-order chi connectivity index (χ1) is 8.63. The third-order valence-corrected chi connectivity index (χ3v) is 4.27. The average molecular weight is 254 g/mol. The van der Waals surface area contributed by atoms with Crippen LogP contribution in [0.25, 0.3) is 0 Å². The molecule has 0 aliphatic heterocycles. The van der Waals surface area contributed by atoms with E-state index in [0.717, 1.165) is 19.4 Å². The van der Waals surface area contributed by atoms with Gasteiger partial charge in [0.2, 0.25) is 5.91 Å². The lowest BCUT2D eigenvalue weighted by Gasteiger charge is -2.28. The molecule has 0 aromatic carbocycles. The normalized spacial score (nSPS) is 20.4. The van der Waals surface area contributed by atoms with Crippen LogP contribution >= 0.6 is 0 Å². The summed E-state index contributed by atoms with van der Waals surface area (Å²) in [4.78, 5) is 11.9. The van der Waals surface area contributed by atoms with Crippen molar-refractivity contribution in [2.75, 3.05) is 6.54 Å². The summed E-state index contributed by atoms with van der Waals surface area (Å²) in [6, 6.07) is 0.350. The second kappa shape index (κ2) is 8.52. The lowest BCUT2D eigenvalue weighted by molar-refractivity contribution is -0.122. The van der Waals surface area contributed by atoms with E-state index in [0.29, 0.717) is 24.3 Å². The van der Waals surface area contributed by atoms with E-state index in [9.17, 15) is 4.79 Å². The maximum Gasteiger partial charge on any atom is 0.220 e. The Morgan fingerprint density at radius 1 is 1.22 bits per heavy atom. The van der Waals surface area contributed by atoms with E-state index in [1.54, 1.807) is 0 Å². The minimum absolute atomic E-state index is 0.219. The molecule has 18 heavy (non-hydrogen) atoms. The van der Waals surface area contributed by atoms with Crippen LogP contribution in [0.3, 0.4) is 0 Å². The lowest BCUT2D eigenvalue weighted by atomic mass is 9.84. The topological polar surface area (TPSA) is 55.1 Å². The smallest absolute Gasteiger partial charge is 0.220 e. The quantitative estimate of drug-likeness (QED) is 0.734. The number of rotatable bonds is 7. The molecular weight excluding hydrogens is 224 g/mol. The van der Waals surface area contributed by atoms with Crippen molar-refractivity contribution in [3.8, 4) is 0 Å². The van der Waals surface area contributed by atoms with Crippen molar-refractivity contribution >= 4 is 5.91 Å². The molecule has 0 radical (unpaired) electrons. The standard InChI is InChI=1S/C15H30N2O/c1-12(10-11-16)8-9-15(18)17-13(2)14-6-4-3-5-7-14/h12-14H,3-11,16H2,1-2H3,(H,17,18)/t12?,13-/m0/s1. The SMILES string of the molecule is CC(CCN)CCC(=O)N[C@@H](C)C1CCCCC1. The number of hydrogen-bond acceptors (Lipinski definition) is 2. The maximum absolute atomic E-state index is 11.9. The minimum Gasteiger partial charge on any atom is -0.353 e. The number of carbonyl (C=O) groups excluding carboxylic acids is 1. The van der Waals surface area contributed by atoms with Gasteiger partial charge in [0.25, 0.3) is 0 Å². The molecule has 0 aromatic rings. The van der Waals surface area contributed by atoms with Crippen molar-refractivity contribution in [2.45, 2.75) is 71.3 Å². The highest BCUT2D eigenvalue weighted by Crippen LogP contribution is 2.26. The Morgan fingerprint density at radius 3 is 2.50 bits per heavy atom. The third kappa shape index (κ3) is 5.85. The molecule has 3 heteroatoms. The Hall–Kier alpha value is -0.570. The van der Waals surface area contributed by atoms with Crippen LogP contribution in [0, 0.1) is 11.8 Å². The molecule has 1 amide bonds. The molecule has 1 unspecified atom stereocenters. The number of carbonyl (C=O) groups is 1. The van der Waals surface area contributed by atoms with Crippen molar-refractivity contribution in [1.29, 1.82) is 0 Å². The van der Waals surface area contributed by atoms with E-state index >= 15 is 0 Å². The fraction of sp³-hybridized carbons (Fsp3) is 0.933. The Bertz CT molecular complexity index is 237. The van der Waals surface area contributed by atoms with Crippen LogP contribution in [-0.2, 0) is 4.79 Å². The van der Waals surface area contributed by atoms with Crippen LogP contribution in [0.4, 0.5) is 0 Å². The van der Waals surface area contributed by atoms with E-state index in [2.05, 4.69) is 19.2 Å². The number of amides is 1. The molecule has 3 nitrogen and oxygen atoms in total. The fourth-order valence-electron chi connectivity index (χ4n) is 2.88. The minimum atomic E-state index is 0.219. The Morgan fingerprint density at radius 2 is 1.89 bits per heavy atom. The number of nitrogens with two attached hydrogens (primary N) is 1. The van der Waals surface area contributed by atoms with Crippen LogP contribution in [-0.4, -0.2) is 18.5 Å². The van der Waals surface area contributed by atoms with Gasteiger partial charge in [0, 0.05) is 12.5 Å². The van der Waals surface area contributed by atoms with Gasteiger partial charge in [-0.3, -0.25) is 4.79 Å². The summed E-state index contributed by atoms with van der Waals surface area (Å²) in [5.41, 5.74) is 5.51. The molecular formula is C15H30N2O. The first-order valence-electron chi connectivity index (χ1n) is 7.63. The zero-order valence-corrected chi connectivity index (χ0v) is 12.1. The second-order valence-electron chi connectivity index (χ2n) is 5.98. The van der Waals surface area contributed by atoms with Crippen LogP contribution in [0.15, 0.2) is 0 Å². The summed E-state index contributed by atoms with van der Waals surface area (Å²) in [6.07, 6.45) is 9.23. The van der Waals surface area contributed by atoms with Crippen molar-refractivity contribution < 1.29 is 4.79 Å². The van der Waals surface area contributed by atoms with Crippen LogP contribution < -0.4 is 11.1 Å². The van der Waals surface area contributed by atoms with Crippen LogP contribution in [0.1, 0.15) is 65.2 Å². The van der Waals surface area contributed by atoms with E-state index in [-0.39, 0.29) is 5.91 Å². The van der Waals surface area contributed by atoms with E-state index in [1.165, 1.54) is 32.1 Å². The Kier molecular flexibility index (Phi) is 7.33. The molecule has 0 aromatic heterocycles. The molecule has 0 bridgehead atoms. The fourth-order valence-corrected chi connectivity index (χ4v) is 2.88. The van der Waals surface area contributed by atoms with Crippen LogP contribution in [0.2, 0.25) is 0 Å². The predicted octanol–water partition coefficient (Wildman–Crippen LogP) is 2.84. The molecule has 1 saturated carbocycles. The molecule has 0 spiro atoms. The van der Waals surface area contributed by atoms with E-state index in [1.807, 2.05) is 0 Å². The van der Waals surface area contributed by atoms with Crippen molar-refractivity contribution in [1.82, 2.24) is 5.32 Å². The van der Waals surface area contributed by atoms with Gasteiger partial charge in [-0.05, 0) is 51.0 Å². The first-order valence-corrected chi connectivity index (χ1v) is 7.63. The molecule has 0 heterocycles. The van der Waals surface area contributed by atoms with Gasteiger partial charge >= 0.3 is 0 Å². The highest BCUT2D eigenvalue weighted by Gasteiger charge is 2.21. The van der Waals surface area contributed by atoms with Crippen molar-refractivity contribution in [2.24, 2.45) is 17.6 Å². The predicted molar refractivity (Wildman–Crippen MR) is 76.2 cm³/mol.